The van der Waals surface area contributed by atoms with Crippen LogP contribution in [0.15, 0.2) is 59.3 Å². The van der Waals surface area contributed by atoms with Gasteiger partial charge < -0.3 is 9.47 Å². The summed E-state index contributed by atoms with van der Waals surface area (Å²) >= 11 is 0. The predicted octanol–water partition coefficient (Wildman–Crippen LogP) is 6.56. The van der Waals surface area contributed by atoms with E-state index in [0.29, 0.717) is 13.0 Å². The third-order valence-electron chi connectivity index (χ3n) is 6.31. The highest BCUT2D eigenvalue weighted by molar-refractivity contribution is 5.96. The lowest BCUT2D eigenvalue weighted by molar-refractivity contribution is -0.153. The molecule has 0 bridgehead atoms. The van der Waals surface area contributed by atoms with Crippen LogP contribution in [0.4, 0.5) is 0 Å². The molecule has 0 amide bonds. The number of rotatable bonds is 9. The van der Waals surface area contributed by atoms with Crippen LogP contribution in [-0.4, -0.2) is 49.3 Å². The third-order valence-corrected chi connectivity index (χ3v) is 6.31. The first-order valence-electron chi connectivity index (χ1n) is 12.5. The Balaban J connectivity index is 0.000000365. The Morgan fingerprint density at radius 2 is 1.79 bits per heavy atom. The fraction of sp³-hybridized carbons (Fsp3) is 0.621. The minimum atomic E-state index is -0.319. The van der Waals surface area contributed by atoms with Gasteiger partial charge in [-0.2, -0.15) is 0 Å². The van der Waals surface area contributed by atoms with E-state index >= 15 is 0 Å². The highest BCUT2D eigenvalue weighted by Crippen LogP contribution is 2.35. The molecular formula is C29H45NO3. The van der Waals surface area contributed by atoms with E-state index in [4.69, 9.17) is 9.47 Å². The first-order chi connectivity index (χ1) is 15.7. The number of hydrogen-bond donors (Lipinski definition) is 0. The molecule has 33 heavy (non-hydrogen) atoms. The van der Waals surface area contributed by atoms with Crippen LogP contribution < -0.4 is 0 Å². The number of hydrogen-bond acceptors (Lipinski definition) is 4. The van der Waals surface area contributed by atoms with Crippen molar-refractivity contribution in [3.63, 3.8) is 0 Å². The Morgan fingerprint density at radius 3 is 2.39 bits per heavy atom. The van der Waals surface area contributed by atoms with Crippen LogP contribution in [0.1, 0.15) is 73.1 Å². The van der Waals surface area contributed by atoms with Gasteiger partial charge in [-0.15, -0.1) is 13.2 Å². The smallest absolute Gasteiger partial charge is 0.177 e. The predicted molar refractivity (Wildman–Crippen MR) is 138 cm³/mol. The van der Waals surface area contributed by atoms with Crippen molar-refractivity contribution in [3.05, 3.63) is 59.3 Å². The van der Waals surface area contributed by atoms with Crippen LogP contribution in [-0.2, 0) is 14.3 Å². The minimum Gasteiger partial charge on any atom is -0.349 e. The fourth-order valence-corrected chi connectivity index (χ4v) is 4.31. The summed E-state index contributed by atoms with van der Waals surface area (Å²) in [4.78, 5) is 14.6. The van der Waals surface area contributed by atoms with Gasteiger partial charge in [0.05, 0.1) is 12.7 Å². The van der Waals surface area contributed by atoms with Gasteiger partial charge in [-0.25, -0.2) is 0 Å². The van der Waals surface area contributed by atoms with E-state index in [-0.39, 0.29) is 24.1 Å². The lowest BCUT2D eigenvalue weighted by Crippen LogP contribution is -2.41. The number of ether oxygens (including phenoxy) is 2. The summed E-state index contributed by atoms with van der Waals surface area (Å²) < 4.78 is 12.0. The number of nitrogens with zero attached hydrogens (tertiary/aromatic N) is 1. The highest BCUT2D eigenvalue weighted by Gasteiger charge is 2.37. The van der Waals surface area contributed by atoms with Crippen LogP contribution in [0.2, 0.25) is 0 Å². The number of ketones is 1. The molecule has 0 radical (unpaired) electrons. The molecular weight excluding hydrogens is 410 g/mol. The Morgan fingerprint density at radius 1 is 1.12 bits per heavy atom. The number of Topliss-reactive ketones (excluding diaryl/α,β-unsaturated/α-hetero) is 1. The summed E-state index contributed by atoms with van der Waals surface area (Å²) in [6.45, 7) is 21.8. The van der Waals surface area contributed by atoms with E-state index in [1.54, 1.807) is 0 Å². The largest absolute Gasteiger partial charge is 0.349 e. The van der Waals surface area contributed by atoms with Gasteiger partial charge in [-0.1, -0.05) is 22.8 Å². The summed E-state index contributed by atoms with van der Waals surface area (Å²) in [6.07, 6.45) is 12.2. The Hall–Kier alpha value is -1.75. The molecule has 4 nitrogen and oxygen atoms in total. The van der Waals surface area contributed by atoms with E-state index in [1.165, 1.54) is 29.6 Å². The molecule has 184 valence electrons. The van der Waals surface area contributed by atoms with Crippen LogP contribution in [0.5, 0.6) is 0 Å². The third kappa shape index (κ3) is 9.95. The fourth-order valence-electron chi connectivity index (χ4n) is 4.31. The molecule has 0 aromatic heterocycles. The monoisotopic (exact) mass is 455 g/mol. The van der Waals surface area contributed by atoms with Gasteiger partial charge >= 0.3 is 0 Å². The second-order valence-electron chi connectivity index (χ2n) is 10.1. The van der Waals surface area contributed by atoms with E-state index in [9.17, 15) is 4.79 Å². The molecule has 2 heterocycles. The van der Waals surface area contributed by atoms with Crippen molar-refractivity contribution in [3.8, 4) is 0 Å². The molecule has 3 aliphatic rings. The molecule has 1 aliphatic carbocycles. The average Bonchev–Trinajstić information content (AvgIpc) is 3.22. The number of carbonyl (C=O) groups excluding carboxylic acids is 1. The standard InChI is InChI=1S/C20H29NO3.C9H16/c1-14(2)6-9-23-20-11-16(13-21-7-4-5-8-21)17-12-18(22)15(3)10-19(17)24-20;1-8(2)6-5-7-9(3)4/h10-11,17,19-20H,1,4-9,12-13H2,2-3H3;7H,1,5-6H2,2-4H3/t17-,19-,20+;/m1./s1. The zero-order chi connectivity index (χ0) is 24.4. The van der Waals surface area contributed by atoms with E-state index in [0.717, 1.165) is 50.0 Å². The van der Waals surface area contributed by atoms with Crippen LogP contribution in [0, 0.1) is 5.92 Å². The van der Waals surface area contributed by atoms with Gasteiger partial charge in [-0.05, 0) is 103 Å². The number of allylic oxidation sites excluding steroid dienone is 4. The van der Waals surface area contributed by atoms with Gasteiger partial charge in [0.15, 0.2) is 12.1 Å². The molecule has 3 atom stereocenters. The Bertz CT molecular complexity index is 779. The molecule has 1 fully saturated rings. The van der Waals surface area contributed by atoms with Crippen molar-refractivity contribution < 1.29 is 14.3 Å². The van der Waals surface area contributed by atoms with Crippen molar-refractivity contribution in [2.75, 3.05) is 26.2 Å². The zero-order valence-corrected chi connectivity index (χ0v) is 21.6. The quantitative estimate of drug-likeness (QED) is 0.369. The summed E-state index contributed by atoms with van der Waals surface area (Å²) in [5.74, 6) is 0.414. The molecule has 3 rings (SSSR count). The molecule has 4 heteroatoms. The van der Waals surface area contributed by atoms with E-state index in [2.05, 4.69) is 51.0 Å². The molecule has 0 unspecified atom stereocenters. The van der Waals surface area contributed by atoms with E-state index in [1.807, 2.05) is 19.9 Å². The lowest BCUT2D eigenvalue weighted by atomic mass is 9.80. The molecule has 1 saturated heterocycles. The maximum Gasteiger partial charge on any atom is 0.177 e. The number of fused-ring (bicyclic) bond motifs is 1. The van der Waals surface area contributed by atoms with Gasteiger partial charge in [0, 0.05) is 18.9 Å². The number of carbonyl (C=O) groups is 1. The second-order valence-corrected chi connectivity index (χ2v) is 10.1. The van der Waals surface area contributed by atoms with Crippen LogP contribution in [0.25, 0.3) is 0 Å². The second kappa shape index (κ2) is 13.8. The molecule has 0 N–H and O–H groups in total. The van der Waals surface area contributed by atoms with E-state index < -0.39 is 0 Å². The normalized spacial score (nSPS) is 24.8. The van der Waals surface area contributed by atoms with Gasteiger partial charge in [0.25, 0.3) is 0 Å². The molecule has 0 aromatic carbocycles. The number of likely N-dealkylation sites (tertiary alicyclic amines) is 1. The molecule has 2 aliphatic heterocycles. The molecule has 0 spiro atoms. The maximum absolute atomic E-state index is 12.2. The summed E-state index contributed by atoms with van der Waals surface area (Å²) in [5.41, 5.74) is 5.91. The Kier molecular flexibility index (Phi) is 11.5. The van der Waals surface area contributed by atoms with Gasteiger partial charge in [0.2, 0.25) is 0 Å². The minimum absolute atomic E-state index is 0.0415. The van der Waals surface area contributed by atoms with Gasteiger partial charge in [-0.3, -0.25) is 9.69 Å². The van der Waals surface area contributed by atoms with Crippen molar-refractivity contribution in [2.45, 2.75) is 85.5 Å². The maximum atomic E-state index is 12.2. The van der Waals surface area contributed by atoms with Crippen LogP contribution >= 0.6 is 0 Å². The van der Waals surface area contributed by atoms with Crippen molar-refractivity contribution in [2.24, 2.45) is 5.92 Å². The summed E-state index contributed by atoms with van der Waals surface area (Å²) in [6, 6.07) is 0. The van der Waals surface area contributed by atoms with Crippen LogP contribution in [0.3, 0.4) is 0 Å². The summed E-state index contributed by atoms with van der Waals surface area (Å²) in [7, 11) is 0. The average molecular weight is 456 g/mol. The topological polar surface area (TPSA) is 38.8 Å². The van der Waals surface area contributed by atoms with Crippen molar-refractivity contribution in [1.29, 1.82) is 0 Å². The van der Waals surface area contributed by atoms with Gasteiger partial charge in [0.1, 0.15) is 0 Å². The Labute approximate surface area is 202 Å². The first-order valence-corrected chi connectivity index (χ1v) is 12.5. The van der Waals surface area contributed by atoms with Crippen molar-refractivity contribution in [1.82, 2.24) is 4.90 Å². The highest BCUT2D eigenvalue weighted by atomic mass is 16.7. The summed E-state index contributed by atoms with van der Waals surface area (Å²) in [5, 5.41) is 0. The van der Waals surface area contributed by atoms with Crippen molar-refractivity contribution >= 4 is 5.78 Å². The first kappa shape index (κ1) is 27.5. The zero-order valence-electron chi connectivity index (χ0n) is 21.6. The molecule has 0 saturated carbocycles. The molecule has 0 aromatic rings. The lowest BCUT2D eigenvalue weighted by Gasteiger charge is -2.38. The SMILES string of the molecule is C=C(C)CCC=C(C)C.C=C(C)CCO[C@@H]1C=C(CN2CCCC2)[C@H]2CC(=O)C(C)=C[C@H]2O1.